The molecule has 1 aliphatic heterocycles. The minimum absolute atomic E-state index is 0.0332. The molecular weight excluding hydrogens is 402 g/mol. The van der Waals surface area contributed by atoms with Crippen LogP contribution >= 0.6 is 11.3 Å². The summed E-state index contributed by atoms with van der Waals surface area (Å²) >= 11 is 1.50. The van der Waals surface area contributed by atoms with E-state index in [1.165, 1.54) is 11.3 Å². The molecule has 0 spiro atoms. The molecule has 0 aromatic carbocycles. The van der Waals surface area contributed by atoms with Gasteiger partial charge in [0.1, 0.15) is 5.82 Å². The van der Waals surface area contributed by atoms with Crippen molar-refractivity contribution in [3.8, 4) is 0 Å². The number of aryl methyl sites for hydroxylation is 2. The zero-order valence-electron chi connectivity index (χ0n) is 18.0. The first kappa shape index (κ1) is 22.2. The molecule has 1 atom stereocenters. The molecule has 9 heteroatoms. The molecule has 3 rings (SSSR count). The zero-order valence-corrected chi connectivity index (χ0v) is 18.8. The summed E-state index contributed by atoms with van der Waals surface area (Å²) < 4.78 is 5.01. The van der Waals surface area contributed by atoms with Gasteiger partial charge in [-0.1, -0.05) is 0 Å². The number of ether oxygens (including phenoxy) is 1. The van der Waals surface area contributed by atoms with Crippen LogP contribution in [0.5, 0.6) is 0 Å². The Kier molecular flexibility index (Phi) is 7.38. The number of thiazole rings is 1. The number of carbonyl (C=O) groups is 2. The van der Waals surface area contributed by atoms with Gasteiger partial charge in [0.05, 0.1) is 23.9 Å². The van der Waals surface area contributed by atoms with Gasteiger partial charge >= 0.3 is 5.97 Å². The van der Waals surface area contributed by atoms with Crippen LogP contribution in [0.2, 0.25) is 0 Å². The van der Waals surface area contributed by atoms with Crippen LogP contribution in [-0.4, -0.2) is 65.6 Å². The van der Waals surface area contributed by atoms with Gasteiger partial charge < -0.3 is 15.0 Å². The van der Waals surface area contributed by atoms with E-state index in [1.54, 1.807) is 19.2 Å². The standard InChI is InChI=1S/C21H29N5O3S/c1-5-29-20(28)17-7-8-18(22-13-17)26-10-6-9-25(11-12-26)15(3)19(27)24-21-23-14(2)16(4)30-21/h7-8,13,15H,5-6,9-12H2,1-4H3,(H,23,24,27). The second-order valence-electron chi connectivity index (χ2n) is 7.33. The van der Waals surface area contributed by atoms with Crippen molar-refractivity contribution in [1.29, 1.82) is 0 Å². The number of amides is 1. The average Bonchev–Trinajstić information content (AvgIpc) is 2.92. The molecular formula is C21H29N5O3S. The molecule has 1 fully saturated rings. The lowest BCUT2D eigenvalue weighted by Gasteiger charge is -2.26. The first-order chi connectivity index (χ1) is 14.4. The smallest absolute Gasteiger partial charge is 0.339 e. The van der Waals surface area contributed by atoms with E-state index in [0.717, 1.165) is 49.0 Å². The lowest BCUT2D eigenvalue weighted by molar-refractivity contribution is -0.120. The van der Waals surface area contributed by atoms with E-state index in [4.69, 9.17) is 4.74 Å². The third-order valence-electron chi connectivity index (χ3n) is 5.30. The maximum atomic E-state index is 12.7. The molecule has 1 aliphatic rings. The number of aromatic nitrogens is 2. The van der Waals surface area contributed by atoms with Crippen molar-refractivity contribution in [1.82, 2.24) is 14.9 Å². The number of pyridine rings is 1. The third-order valence-corrected chi connectivity index (χ3v) is 6.29. The summed E-state index contributed by atoms with van der Waals surface area (Å²) in [5, 5.41) is 3.60. The van der Waals surface area contributed by atoms with E-state index in [0.29, 0.717) is 17.3 Å². The molecule has 30 heavy (non-hydrogen) atoms. The summed E-state index contributed by atoms with van der Waals surface area (Å²) in [6.07, 6.45) is 2.48. The van der Waals surface area contributed by atoms with Crippen molar-refractivity contribution in [2.75, 3.05) is 43.0 Å². The molecule has 162 valence electrons. The number of hydrogen-bond acceptors (Lipinski definition) is 8. The summed E-state index contributed by atoms with van der Waals surface area (Å²) in [6.45, 7) is 11.2. The van der Waals surface area contributed by atoms with Crippen molar-refractivity contribution in [3.63, 3.8) is 0 Å². The minimum Gasteiger partial charge on any atom is -0.462 e. The summed E-state index contributed by atoms with van der Waals surface area (Å²) in [5.74, 6) is 0.439. The normalized spacial score (nSPS) is 16.1. The summed E-state index contributed by atoms with van der Waals surface area (Å²) in [6, 6.07) is 3.36. The number of anilines is 2. The van der Waals surface area contributed by atoms with Gasteiger partial charge in [0.15, 0.2) is 5.13 Å². The summed E-state index contributed by atoms with van der Waals surface area (Å²) in [5.41, 5.74) is 1.41. The molecule has 1 saturated heterocycles. The zero-order chi connectivity index (χ0) is 21.7. The van der Waals surface area contributed by atoms with Crippen LogP contribution in [0.4, 0.5) is 10.9 Å². The maximum absolute atomic E-state index is 12.7. The van der Waals surface area contributed by atoms with Gasteiger partial charge in [-0.05, 0) is 46.2 Å². The lowest BCUT2D eigenvalue weighted by Crippen LogP contribution is -2.44. The van der Waals surface area contributed by atoms with Crippen LogP contribution in [0.15, 0.2) is 18.3 Å². The molecule has 0 bridgehead atoms. The van der Waals surface area contributed by atoms with Gasteiger partial charge in [-0.2, -0.15) is 0 Å². The van der Waals surface area contributed by atoms with Gasteiger partial charge in [-0.3, -0.25) is 9.69 Å². The van der Waals surface area contributed by atoms with Crippen LogP contribution in [0, 0.1) is 13.8 Å². The minimum atomic E-state index is -0.357. The Labute approximate surface area is 181 Å². The highest BCUT2D eigenvalue weighted by atomic mass is 32.1. The number of esters is 1. The molecule has 0 aliphatic carbocycles. The molecule has 1 N–H and O–H groups in total. The van der Waals surface area contributed by atoms with Crippen molar-refractivity contribution in [3.05, 3.63) is 34.5 Å². The topological polar surface area (TPSA) is 87.7 Å². The number of carbonyl (C=O) groups excluding carboxylic acids is 2. The van der Waals surface area contributed by atoms with E-state index in [9.17, 15) is 9.59 Å². The van der Waals surface area contributed by atoms with Gasteiger partial charge in [0.2, 0.25) is 5.91 Å². The van der Waals surface area contributed by atoms with E-state index in [-0.39, 0.29) is 17.9 Å². The SMILES string of the molecule is CCOC(=O)c1ccc(N2CCCN(C(C)C(=O)Nc3nc(C)c(C)s3)CC2)nc1. The number of rotatable bonds is 6. The lowest BCUT2D eigenvalue weighted by atomic mass is 10.2. The van der Waals surface area contributed by atoms with Crippen molar-refractivity contribution in [2.24, 2.45) is 0 Å². The van der Waals surface area contributed by atoms with Crippen LogP contribution in [-0.2, 0) is 9.53 Å². The fourth-order valence-electron chi connectivity index (χ4n) is 3.36. The second kappa shape index (κ2) is 9.99. The van der Waals surface area contributed by atoms with Gasteiger partial charge in [-0.25, -0.2) is 14.8 Å². The molecule has 0 radical (unpaired) electrons. The first-order valence-electron chi connectivity index (χ1n) is 10.3. The highest BCUT2D eigenvalue weighted by Gasteiger charge is 2.25. The third kappa shape index (κ3) is 5.34. The Morgan fingerprint density at radius 1 is 1.23 bits per heavy atom. The quantitative estimate of drug-likeness (QED) is 0.704. The van der Waals surface area contributed by atoms with Crippen LogP contribution in [0.25, 0.3) is 0 Å². The van der Waals surface area contributed by atoms with Crippen LogP contribution in [0.3, 0.4) is 0 Å². The van der Waals surface area contributed by atoms with Crippen LogP contribution in [0.1, 0.15) is 41.2 Å². The summed E-state index contributed by atoms with van der Waals surface area (Å²) in [7, 11) is 0. The van der Waals surface area contributed by atoms with Gasteiger partial charge in [0, 0.05) is 37.3 Å². The molecule has 3 heterocycles. The fraction of sp³-hybridized carbons (Fsp3) is 0.524. The highest BCUT2D eigenvalue weighted by Crippen LogP contribution is 2.22. The highest BCUT2D eigenvalue weighted by molar-refractivity contribution is 7.15. The van der Waals surface area contributed by atoms with Crippen molar-refractivity contribution >= 4 is 34.2 Å². The number of nitrogens with zero attached hydrogens (tertiary/aromatic N) is 4. The summed E-state index contributed by atoms with van der Waals surface area (Å²) in [4.78, 5) is 38.8. The van der Waals surface area contributed by atoms with E-state index in [1.807, 2.05) is 26.8 Å². The Morgan fingerprint density at radius 2 is 2.03 bits per heavy atom. The monoisotopic (exact) mass is 431 g/mol. The molecule has 1 amide bonds. The Hall–Kier alpha value is -2.52. The molecule has 1 unspecified atom stereocenters. The number of hydrogen-bond donors (Lipinski definition) is 1. The van der Waals surface area contributed by atoms with Crippen molar-refractivity contribution < 1.29 is 14.3 Å². The average molecular weight is 432 g/mol. The predicted molar refractivity (Wildman–Crippen MR) is 118 cm³/mol. The van der Waals surface area contributed by atoms with Crippen molar-refractivity contribution in [2.45, 2.75) is 40.2 Å². The van der Waals surface area contributed by atoms with Gasteiger partial charge in [0.25, 0.3) is 0 Å². The van der Waals surface area contributed by atoms with E-state index >= 15 is 0 Å². The van der Waals surface area contributed by atoms with E-state index < -0.39 is 0 Å². The Bertz CT molecular complexity index is 864. The molecule has 2 aromatic rings. The number of nitrogens with one attached hydrogen (secondary N) is 1. The Morgan fingerprint density at radius 3 is 2.67 bits per heavy atom. The predicted octanol–water partition coefficient (Wildman–Crippen LogP) is 2.87. The second-order valence-corrected chi connectivity index (χ2v) is 8.53. The fourth-order valence-corrected chi connectivity index (χ4v) is 4.18. The molecule has 8 nitrogen and oxygen atoms in total. The maximum Gasteiger partial charge on any atom is 0.339 e. The molecule has 0 saturated carbocycles. The largest absolute Gasteiger partial charge is 0.462 e. The Balaban J connectivity index is 1.57. The van der Waals surface area contributed by atoms with Gasteiger partial charge in [-0.15, -0.1) is 11.3 Å². The van der Waals surface area contributed by atoms with Crippen LogP contribution < -0.4 is 10.2 Å². The molecule has 2 aromatic heterocycles. The van der Waals surface area contributed by atoms with E-state index in [2.05, 4.69) is 25.1 Å². The first-order valence-corrected chi connectivity index (χ1v) is 11.1.